The zero-order valence-electron chi connectivity index (χ0n) is 22.6. The lowest BCUT2D eigenvalue weighted by atomic mass is 9.98. The lowest BCUT2D eigenvalue weighted by molar-refractivity contribution is -0.00789. The summed E-state index contributed by atoms with van der Waals surface area (Å²) in [6, 6.07) is 36.4. The van der Waals surface area contributed by atoms with E-state index < -0.39 is 0 Å². The molecule has 1 aliphatic rings. The summed E-state index contributed by atoms with van der Waals surface area (Å²) in [5, 5.41) is 1.28. The van der Waals surface area contributed by atoms with Gasteiger partial charge in [0, 0.05) is 42.6 Å². The standard InChI is InChI=1S/C34H35N3O2/c1-38-28-18-16-25(17-19-28)23-36-20-9-21-37(24-26-10-8-13-29(22-26)39-2)34(36)32-30-14-6-7-15-31(30)35-33(32)27-11-4-3-5-12-27/h3-8,10-19,22,34-35H,9,20-21,23-24H2,1-2H3/t34-/m0/s1. The van der Waals surface area contributed by atoms with Gasteiger partial charge < -0.3 is 14.5 Å². The van der Waals surface area contributed by atoms with E-state index in [2.05, 4.69) is 112 Å². The van der Waals surface area contributed by atoms with Crippen LogP contribution in [0.5, 0.6) is 11.5 Å². The fraction of sp³-hybridized carbons (Fsp3) is 0.235. The quantitative estimate of drug-likeness (QED) is 0.235. The van der Waals surface area contributed by atoms with E-state index in [9.17, 15) is 0 Å². The summed E-state index contributed by atoms with van der Waals surface area (Å²) in [5.41, 5.74) is 7.45. The van der Waals surface area contributed by atoms with Crippen molar-refractivity contribution in [1.82, 2.24) is 14.8 Å². The number of nitrogens with one attached hydrogen (secondary N) is 1. The fourth-order valence-electron chi connectivity index (χ4n) is 5.88. The molecule has 39 heavy (non-hydrogen) atoms. The lowest BCUT2D eigenvalue weighted by Gasteiger charge is -2.44. The molecular weight excluding hydrogens is 482 g/mol. The van der Waals surface area contributed by atoms with Crippen LogP contribution in [0.15, 0.2) is 103 Å². The number of aromatic nitrogens is 1. The molecule has 1 fully saturated rings. The Kier molecular flexibility index (Phi) is 7.35. The number of nitrogens with zero attached hydrogens (tertiary/aromatic N) is 2. The van der Waals surface area contributed by atoms with Gasteiger partial charge >= 0.3 is 0 Å². The van der Waals surface area contributed by atoms with E-state index in [-0.39, 0.29) is 6.17 Å². The molecule has 0 aliphatic carbocycles. The molecule has 1 atom stereocenters. The second-order valence-electron chi connectivity index (χ2n) is 10.2. The average Bonchev–Trinajstić information content (AvgIpc) is 3.37. The molecule has 1 saturated heterocycles. The molecule has 6 rings (SSSR count). The van der Waals surface area contributed by atoms with Gasteiger partial charge in [0.15, 0.2) is 0 Å². The molecule has 5 nitrogen and oxygen atoms in total. The van der Waals surface area contributed by atoms with Gasteiger partial charge in [0.25, 0.3) is 0 Å². The Hall–Kier alpha value is -4.06. The third-order valence-electron chi connectivity index (χ3n) is 7.71. The molecule has 0 saturated carbocycles. The first-order chi connectivity index (χ1) is 19.2. The first-order valence-electron chi connectivity index (χ1n) is 13.6. The van der Waals surface area contributed by atoms with Crippen LogP contribution in [0.2, 0.25) is 0 Å². The third kappa shape index (κ3) is 5.29. The van der Waals surface area contributed by atoms with E-state index in [4.69, 9.17) is 9.47 Å². The Labute approximate surface area is 230 Å². The molecule has 1 aliphatic heterocycles. The molecule has 1 N–H and O–H groups in total. The predicted octanol–water partition coefficient (Wildman–Crippen LogP) is 7.26. The van der Waals surface area contributed by atoms with Crippen LogP contribution in [0.3, 0.4) is 0 Å². The van der Waals surface area contributed by atoms with Crippen molar-refractivity contribution in [2.75, 3.05) is 27.3 Å². The molecule has 0 radical (unpaired) electrons. The highest BCUT2D eigenvalue weighted by Gasteiger charge is 2.34. The number of aromatic amines is 1. The fourth-order valence-corrected chi connectivity index (χ4v) is 5.88. The number of rotatable bonds is 8. The Morgan fingerprint density at radius 1 is 0.692 bits per heavy atom. The van der Waals surface area contributed by atoms with Crippen LogP contribution in [-0.2, 0) is 13.1 Å². The zero-order chi connectivity index (χ0) is 26.6. The van der Waals surface area contributed by atoms with Gasteiger partial charge in [-0.2, -0.15) is 0 Å². The number of hydrogen-bond acceptors (Lipinski definition) is 4. The minimum Gasteiger partial charge on any atom is -0.497 e. The van der Waals surface area contributed by atoms with E-state index in [0.29, 0.717) is 0 Å². The molecule has 1 aromatic heterocycles. The highest BCUT2D eigenvalue weighted by atomic mass is 16.5. The lowest BCUT2D eigenvalue weighted by Crippen LogP contribution is -2.47. The molecule has 198 valence electrons. The van der Waals surface area contributed by atoms with Crippen LogP contribution >= 0.6 is 0 Å². The van der Waals surface area contributed by atoms with Gasteiger partial charge in [-0.05, 0) is 53.4 Å². The smallest absolute Gasteiger partial charge is 0.119 e. The summed E-state index contributed by atoms with van der Waals surface area (Å²) >= 11 is 0. The maximum absolute atomic E-state index is 5.55. The number of hydrogen-bond donors (Lipinski definition) is 1. The second kappa shape index (κ2) is 11.4. The maximum atomic E-state index is 5.55. The Balaban J connectivity index is 1.47. The number of H-pyrrole nitrogens is 1. The van der Waals surface area contributed by atoms with E-state index >= 15 is 0 Å². The molecule has 4 aromatic carbocycles. The first kappa shape index (κ1) is 25.2. The van der Waals surface area contributed by atoms with Crippen LogP contribution in [0.4, 0.5) is 0 Å². The number of benzene rings is 4. The summed E-state index contributed by atoms with van der Waals surface area (Å²) < 4.78 is 11.0. The van der Waals surface area contributed by atoms with Gasteiger partial charge in [-0.15, -0.1) is 0 Å². The monoisotopic (exact) mass is 517 g/mol. The molecular formula is C34H35N3O2. The molecule has 5 aromatic rings. The van der Waals surface area contributed by atoms with E-state index in [1.54, 1.807) is 14.2 Å². The van der Waals surface area contributed by atoms with Crippen LogP contribution in [0.1, 0.15) is 29.3 Å². The second-order valence-corrected chi connectivity index (χ2v) is 10.2. The van der Waals surface area contributed by atoms with Crippen molar-refractivity contribution in [2.45, 2.75) is 25.7 Å². The SMILES string of the molecule is COc1ccc(CN2CCCN(Cc3cccc(OC)c3)[C@H]2c2c(-c3ccccc3)[nH]c3ccccc23)cc1. The van der Waals surface area contributed by atoms with Gasteiger partial charge in [0.1, 0.15) is 11.5 Å². The van der Waals surface area contributed by atoms with Crippen molar-refractivity contribution in [3.63, 3.8) is 0 Å². The van der Waals surface area contributed by atoms with Gasteiger partial charge in [0.2, 0.25) is 0 Å². The average molecular weight is 518 g/mol. The van der Waals surface area contributed by atoms with Gasteiger partial charge in [0.05, 0.1) is 26.1 Å². The largest absolute Gasteiger partial charge is 0.497 e. The summed E-state index contributed by atoms with van der Waals surface area (Å²) in [5.74, 6) is 1.78. The molecule has 2 heterocycles. The Bertz CT molecular complexity index is 1530. The molecule has 5 heteroatoms. The number of para-hydroxylation sites is 1. The topological polar surface area (TPSA) is 40.7 Å². The van der Waals surface area contributed by atoms with Crippen molar-refractivity contribution in [3.8, 4) is 22.8 Å². The number of fused-ring (bicyclic) bond motifs is 1. The summed E-state index contributed by atoms with van der Waals surface area (Å²) in [7, 11) is 3.45. The Morgan fingerprint density at radius 3 is 2.13 bits per heavy atom. The van der Waals surface area contributed by atoms with Crippen molar-refractivity contribution in [2.24, 2.45) is 0 Å². The highest BCUT2D eigenvalue weighted by Crippen LogP contribution is 2.42. The third-order valence-corrected chi connectivity index (χ3v) is 7.71. The summed E-state index contributed by atoms with van der Waals surface area (Å²) in [6.45, 7) is 3.75. The van der Waals surface area contributed by atoms with E-state index in [1.807, 2.05) is 6.07 Å². The minimum atomic E-state index is 0.0957. The van der Waals surface area contributed by atoms with Gasteiger partial charge in [-0.25, -0.2) is 0 Å². The maximum Gasteiger partial charge on any atom is 0.119 e. The summed E-state index contributed by atoms with van der Waals surface area (Å²) in [6.07, 6.45) is 1.21. The van der Waals surface area contributed by atoms with Gasteiger partial charge in [-0.1, -0.05) is 72.8 Å². The zero-order valence-corrected chi connectivity index (χ0v) is 22.6. The van der Waals surface area contributed by atoms with Crippen molar-refractivity contribution in [1.29, 1.82) is 0 Å². The Morgan fingerprint density at radius 2 is 1.38 bits per heavy atom. The van der Waals surface area contributed by atoms with Crippen molar-refractivity contribution >= 4 is 10.9 Å². The minimum absolute atomic E-state index is 0.0957. The van der Waals surface area contributed by atoms with Gasteiger partial charge in [-0.3, -0.25) is 9.80 Å². The number of methoxy groups -OCH3 is 2. The van der Waals surface area contributed by atoms with Crippen LogP contribution in [0, 0.1) is 0 Å². The molecule has 0 unspecified atom stereocenters. The molecule has 0 amide bonds. The van der Waals surface area contributed by atoms with Crippen LogP contribution < -0.4 is 9.47 Å². The van der Waals surface area contributed by atoms with Crippen LogP contribution in [0.25, 0.3) is 22.2 Å². The predicted molar refractivity (Wildman–Crippen MR) is 158 cm³/mol. The first-order valence-corrected chi connectivity index (χ1v) is 13.6. The van der Waals surface area contributed by atoms with E-state index in [1.165, 1.54) is 38.9 Å². The van der Waals surface area contributed by atoms with Crippen molar-refractivity contribution < 1.29 is 9.47 Å². The number of ether oxygens (including phenoxy) is 2. The molecule has 0 bridgehead atoms. The van der Waals surface area contributed by atoms with Crippen LogP contribution in [-0.4, -0.2) is 42.1 Å². The summed E-state index contributed by atoms with van der Waals surface area (Å²) in [4.78, 5) is 9.05. The molecule has 0 spiro atoms. The normalized spacial score (nSPS) is 16.4. The van der Waals surface area contributed by atoms with E-state index in [0.717, 1.165) is 44.1 Å². The highest BCUT2D eigenvalue weighted by molar-refractivity contribution is 5.91. The van der Waals surface area contributed by atoms with Crippen molar-refractivity contribution in [3.05, 3.63) is 120 Å².